The summed E-state index contributed by atoms with van der Waals surface area (Å²) < 4.78 is 13.4. The number of halogens is 1. The number of hydroxylamine groups is 1. The molecule has 0 spiro atoms. The van der Waals surface area contributed by atoms with E-state index >= 15 is 0 Å². The molecule has 4 N–H and O–H groups in total. The normalized spacial score (nSPS) is 11.7. The summed E-state index contributed by atoms with van der Waals surface area (Å²) >= 11 is 0. The number of nitrogens with one attached hydrogen (secondary N) is 3. The number of H-pyrrole nitrogens is 1. The summed E-state index contributed by atoms with van der Waals surface area (Å²) in [7, 11) is 0. The second-order valence-corrected chi connectivity index (χ2v) is 6.38. The third-order valence-electron chi connectivity index (χ3n) is 4.50. The Morgan fingerprint density at radius 3 is 2.67 bits per heavy atom. The van der Waals surface area contributed by atoms with E-state index < -0.39 is 11.7 Å². The Morgan fingerprint density at radius 1 is 1.19 bits per heavy atom. The fourth-order valence-electron chi connectivity index (χ4n) is 3.10. The van der Waals surface area contributed by atoms with Crippen LogP contribution in [0.1, 0.15) is 22.4 Å². The predicted molar refractivity (Wildman–Crippen MR) is 104 cm³/mol. The molecule has 3 rings (SSSR count). The van der Waals surface area contributed by atoms with E-state index in [9.17, 15) is 9.18 Å². The third-order valence-corrected chi connectivity index (χ3v) is 4.50. The molecule has 0 radical (unpaired) electrons. The highest BCUT2D eigenvalue weighted by molar-refractivity contribution is 5.94. The zero-order valence-corrected chi connectivity index (χ0v) is 15.1. The number of aromatic nitrogens is 1. The molecule has 0 aliphatic carbocycles. The summed E-state index contributed by atoms with van der Waals surface area (Å²) in [5.74, 6) is -2.20. The van der Waals surface area contributed by atoms with Gasteiger partial charge >= 0.3 is 5.91 Å². The van der Waals surface area contributed by atoms with E-state index in [-0.39, 0.29) is 0 Å². The van der Waals surface area contributed by atoms with Gasteiger partial charge in [-0.25, -0.2) is 9.87 Å². The van der Waals surface area contributed by atoms with Gasteiger partial charge in [-0.15, -0.1) is 0 Å². The van der Waals surface area contributed by atoms with Gasteiger partial charge in [0.2, 0.25) is 0 Å². The molecular weight excluding hydrogens is 345 g/mol. The summed E-state index contributed by atoms with van der Waals surface area (Å²) in [5.41, 5.74) is 6.57. The Labute approximate surface area is 156 Å². The zero-order chi connectivity index (χ0) is 19.2. The van der Waals surface area contributed by atoms with Crippen LogP contribution < -0.4 is 10.8 Å². The highest BCUT2D eigenvalue weighted by atomic mass is 19.1. The fourth-order valence-corrected chi connectivity index (χ4v) is 3.10. The molecule has 2 aromatic carbocycles. The minimum absolute atomic E-state index is 0.550. The smallest absolute Gasteiger partial charge is 0.303 e. The van der Waals surface area contributed by atoms with Crippen LogP contribution in [-0.2, 0) is 17.8 Å². The second-order valence-electron chi connectivity index (χ2n) is 6.38. The number of carbonyl (C=O) groups excluding carboxylic acids is 1. The molecule has 0 saturated heterocycles. The Kier molecular flexibility index (Phi) is 6.01. The maximum Gasteiger partial charge on any atom is 0.303 e. The zero-order valence-electron chi connectivity index (χ0n) is 15.1. The van der Waals surface area contributed by atoms with Crippen molar-refractivity contribution in [3.05, 3.63) is 76.7 Å². The molecule has 0 saturated carbocycles. The van der Waals surface area contributed by atoms with Crippen LogP contribution in [0.4, 0.5) is 4.39 Å². The summed E-state index contributed by atoms with van der Waals surface area (Å²) in [6.45, 7) is 3.64. The molecule has 5 nitrogen and oxygen atoms in total. The van der Waals surface area contributed by atoms with Gasteiger partial charge < -0.3 is 10.3 Å². The van der Waals surface area contributed by atoms with Crippen molar-refractivity contribution in [2.75, 3.05) is 6.54 Å². The topological polar surface area (TPSA) is 77.2 Å². The SMILES string of the molecule is Cc1[nH]c2ccccc2c1CCNCc1ccc(/C=C(\F)C(=O)NO)cc1. The average molecular weight is 367 g/mol. The first-order valence-corrected chi connectivity index (χ1v) is 8.76. The maximum atomic E-state index is 13.4. The number of amides is 1. The number of hydrogen-bond donors (Lipinski definition) is 4. The van der Waals surface area contributed by atoms with Gasteiger partial charge in [0.1, 0.15) is 0 Å². The van der Waals surface area contributed by atoms with Crippen LogP contribution >= 0.6 is 0 Å². The van der Waals surface area contributed by atoms with E-state index in [1.807, 2.05) is 18.2 Å². The lowest BCUT2D eigenvalue weighted by Crippen LogP contribution is -2.18. The Balaban J connectivity index is 1.53. The quantitative estimate of drug-likeness (QED) is 0.223. The molecule has 27 heavy (non-hydrogen) atoms. The lowest BCUT2D eigenvalue weighted by Gasteiger charge is -2.06. The number of carbonyl (C=O) groups is 1. The van der Waals surface area contributed by atoms with Crippen LogP contribution in [0.2, 0.25) is 0 Å². The minimum atomic E-state index is -1.16. The number of rotatable bonds is 7. The standard InChI is InChI=1S/C21H22FN3O2/c1-14-17(18-4-2-3-5-20(18)24-14)10-11-23-13-16-8-6-15(7-9-16)12-19(22)21(26)25-27/h2-9,12,23-24,27H,10-11,13H2,1H3,(H,25,26)/b19-12-. The van der Waals surface area contributed by atoms with E-state index in [4.69, 9.17) is 5.21 Å². The third kappa shape index (κ3) is 4.61. The Morgan fingerprint density at radius 2 is 1.93 bits per heavy atom. The first kappa shape index (κ1) is 18.8. The number of fused-ring (bicyclic) bond motifs is 1. The maximum absolute atomic E-state index is 13.4. The van der Waals surface area contributed by atoms with Crippen molar-refractivity contribution in [1.82, 2.24) is 15.8 Å². The van der Waals surface area contributed by atoms with Gasteiger partial charge in [0.05, 0.1) is 0 Å². The van der Waals surface area contributed by atoms with Crippen molar-refractivity contribution in [2.24, 2.45) is 0 Å². The van der Waals surface area contributed by atoms with Gasteiger partial charge in [-0.1, -0.05) is 42.5 Å². The molecule has 0 atom stereocenters. The van der Waals surface area contributed by atoms with Crippen molar-refractivity contribution in [3.8, 4) is 0 Å². The summed E-state index contributed by atoms with van der Waals surface area (Å²) in [6.07, 6.45) is 2.00. The van der Waals surface area contributed by atoms with Crippen LogP contribution in [0.3, 0.4) is 0 Å². The van der Waals surface area contributed by atoms with E-state index in [2.05, 4.69) is 35.4 Å². The molecular formula is C21H22FN3O2. The summed E-state index contributed by atoms with van der Waals surface area (Å²) in [6, 6.07) is 15.5. The first-order chi connectivity index (χ1) is 13.1. The highest BCUT2D eigenvalue weighted by Crippen LogP contribution is 2.22. The molecule has 0 bridgehead atoms. The molecule has 1 heterocycles. The molecule has 0 aliphatic heterocycles. The number of hydrogen-bond acceptors (Lipinski definition) is 3. The second kappa shape index (κ2) is 8.62. The van der Waals surface area contributed by atoms with Crippen LogP contribution in [0.15, 0.2) is 54.4 Å². The highest BCUT2D eigenvalue weighted by Gasteiger charge is 2.08. The van der Waals surface area contributed by atoms with Crippen molar-refractivity contribution < 1.29 is 14.4 Å². The predicted octanol–water partition coefficient (Wildman–Crippen LogP) is 3.62. The number of aryl methyl sites for hydroxylation is 1. The van der Waals surface area contributed by atoms with E-state index in [0.717, 1.165) is 30.1 Å². The van der Waals surface area contributed by atoms with Crippen LogP contribution in [0.5, 0.6) is 0 Å². The fraction of sp³-hybridized carbons (Fsp3) is 0.190. The molecule has 3 aromatic rings. The monoisotopic (exact) mass is 367 g/mol. The Bertz CT molecular complexity index is 961. The van der Waals surface area contributed by atoms with Gasteiger partial charge in [-0.2, -0.15) is 0 Å². The van der Waals surface area contributed by atoms with Gasteiger partial charge in [-0.3, -0.25) is 10.0 Å². The van der Waals surface area contributed by atoms with Crippen molar-refractivity contribution in [2.45, 2.75) is 19.9 Å². The molecule has 1 aromatic heterocycles. The lowest BCUT2D eigenvalue weighted by molar-refractivity contribution is -0.126. The van der Waals surface area contributed by atoms with Gasteiger partial charge in [-0.05, 0) is 48.7 Å². The van der Waals surface area contributed by atoms with Crippen molar-refractivity contribution in [1.29, 1.82) is 0 Å². The number of aromatic amines is 1. The largest absolute Gasteiger partial charge is 0.358 e. The molecule has 0 unspecified atom stereocenters. The molecule has 1 amide bonds. The molecule has 140 valence electrons. The van der Waals surface area contributed by atoms with Gasteiger partial charge in [0.25, 0.3) is 0 Å². The van der Waals surface area contributed by atoms with E-state index in [1.165, 1.54) is 22.1 Å². The lowest BCUT2D eigenvalue weighted by atomic mass is 10.1. The van der Waals surface area contributed by atoms with E-state index in [0.29, 0.717) is 12.1 Å². The van der Waals surface area contributed by atoms with Crippen molar-refractivity contribution >= 4 is 22.9 Å². The van der Waals surface area contributed by atoms with Crippen LogP contribution in [0.25, 0.3) is 17.0 Å². The van der Waals surface area contributed by atoms with Gasteiger partial charge in [0, 0.05) is 23.1 Å². The number of para-hydroxylation sites is 1. The molecule has 0 aliphatic rings. The van der Waals surface area contributed by atoms with Crippen LogP contribution in [0, 0.1) is 6.92 Å². The summed E-state index contributed by atoms with van der Waals surface area (Å²) in [4.78, 5) is 14.4. The molecule has 0 fully saturated rings. The average Bonchev–Trinajstić information content (AvgIpc) is 3.01. The van der Waals surface area contributed by atoms with Crippen LogP contribution in [-0.4, -0.2) is 22.6 Å². The Hall–Kier alpha value is -2.96. The first-order valence-electron chi connectivity index (χ1n) is 8.76. The minimum Gasteiger partial charge on any atom is -0.358 e. The number of benzene rings is 2. The van der Waals surface area contributed by atoms with E-state index in [1.54, 1.807) is 12.1 Å². The summed E-state index contributed by atoms with van der Waals surface area (Å²) in [5, 5.41) is 13.1. The van der Waals surface area contributed by atoms with Crippen molar-refractivity contribution in [3.63, 3.8) is 0 Å². The molecule has 6 heteroatoms. The van der Waals surface area contributed by atoms with Gasteiger partial charge in [0.15, 0.2) is 5.83 Å².